The molecule has 0 amide bonds. The van der Waals surface area contributed by atoms with E-state index in [9.17, 15) is 13.2 Å². The second-order valence-corrected chi connectivity index (χ2v) is 7.80. The number of piperidine rings is 1. The Hall–Kier alpha value is -0.960. The van der Waals surface area contributed by atoms with Gasteiger partial charge in [0.15, 0.2) is 0 Å². The molecule has 1 aliphatic heterocycles. The number of sulfonamides is 1. The maximum atomic E-state index is 12.6. The van der Waals surface area contributed by atoms with Crippen LogP contribution in [0.1, 0.15) is 28.6 Å². The number of ether oxygens (including phenoxy) is 1. The van der Waals surface area contributed by atoms with Gasteiger partial charge in [0.1, 0.15) is 9.77 Å². The van der Waals surface area contributed by atoms with Gasteiger partial charge in [0.05, 0.1) is 7.11 Å². The molecule has 0 saturated carbocycles. The van der Waals surface area contributed by atoms with E-state index < -0.39 is 16.0 Å². The van der Waals surface area contributed by atoms with E-state index in [1.807, 2.05) is 6.92 Å². The second-order valence-electron chi connectivity index (χ2n) is 5.27. The van der Waals surface area contributed by atoms with E-state index in [1.54, 1.807) is 12.3 Å². The number of carbonyl (C=O) groups is 1. The average molecular weight is 332 g/mol. The summed E-state index contributed by atoms with van der Waals surface area (Å²) in [6, 6.07) is -0.173. The van der Waals surface area contributed by atoms with E-state index >= 15 is 0 Å². The van der Waals surface area contributed by atoms with Crippen LogP contribution in [-0.4, -0.2) is 40.6 Å². The van der Waals surface area contributed by atoms with Crippen molar-refractivity contribution in [1.82, 2.24) is 10.0 Å². The van der Waals surface area contributed by atoms with Crippen LogP contribution in [0.3, 0.4) is 0 Å². The average Bonchev–Trinajstić information content (AvgIpc) is 2.83. The molecule has 0 spiro atoms. The van der Waals surface area contributed by atoms with Crippen LogP contribution in [0.4, 0.5) is 0 Å². The van der Waals surface area contributed by atoms with Gasteiger partial charge in [-0.2, -0.15) is 0 Å². The van der Waals surface area contributed by atoms with Gasteiger partial charge in [0, 0.05) is 12.6 Å². The standard InChI is InChI=1S/C13H20N2O4S2/c1-8-4-5-14-6-10(8)15-21(17,18)12-9(2)7-20-11(12)13(16)19-3/h7-8,10,14-15H,4-6H2,1-3H3. The van der Waals surface area contributed by atoms with Gasteiger partial charge >= 0.3 is 5.97 Å². The van der Waals surface area contributed by atoms with Crippen molar-refractivity contribution in [3.05, 3.63) is 15.8 Å². The van der Waals surface area contributed by atoms with Crippen molar-refractivity contribution in [3.8, 4) is 0 Å². The van der Waals surface area contributed by atoms with Gasteiger partial charge in [0.25, 0.3) is 0 Å². The Balaban J connectivity index is 2.31. The molecule has 2 heterocycles. The molecule has 1 saturated heterocycles. The maximum Gasteiger partial charge on any atom is 0.349 e. The highest BCUT2D eigenvalue weighted by Crippen LogP contribution is 2.28. The number of esters is 1. The molecular weight excluding hydrogens is 312 g/mol. The molecule has 2 unspecified atom stereocenters. The number of thiophene rings is 1. The number of carbonyl (C=O) groups excluding carboxylic acids is 1. The minimum atomic E-state index is -3.75. The predicted molar refractivity (Wildman–Crippen MR) is 81.2 cm³/mol. The minimum Gasteiger partial charge on any atom is -0.465 e. The quantitative estimate of drug-likeness (QED) is 0.807. The van der Waals surface area contributed by atoms with Crippen molar-refractivity contribution in [2.24, 2.45) is 5.92 Å². The number of aryl methyl sites for hydroxylation is 1. The fraction of sp³-hybridized carbons (Fsp3) is 0.615. The Labute approximate surface area is 128 Å². The molecule has 118 valence electrons. The monoisotopic (exact) mass is 332 g/mol. The molecule has 21 heavy (non-hydrogen) atoms. The van der Waals surface area contributed by atoms with E-state index in [2.05, 4.69) is 14.8 Å². The Morgan fingerprint density at radius 1 is 1.52 bits per heavy atom. The van der Waals surface area contributed by atoms with Crippen LogP contribution in [0.15, 0.2) is 10.3 Å². The maximum absolute atomic E-state index is 12.6. The molecule has 0 aromatic carbocycles. The van der Waals surface area contributed by atoms with Crippen molar-refractivity contribution in [2.45, 2.75) is 31.2 Å². The van der Waals surface area contributed by atoms with Crippen molar-refractivity contribution < 1.29 is 17.9 Å². The number of nitrogens with one attached hydrogen (secondary N) is 2. The number of hydrogen-bond donors (Lipinski definition) is 2. The van der Waals surface area contributed by atoms with Gasteiger partial charge in [-0.05, 0) is 36.8 Å². The zero-order valence-electron chi connectivity index (χ0n) is 12.3. The molecule has 0 bridgehead atoms. The van der Waals surface area contributed by atoms with Crippen LogP contribution in [0.2, 0.25) is 0 Å². The summed E-state index contributed by atoms with van der Waals surface area (Å²) in [6.45, 7) is 5.19. The van der Waals surface area contributed by atoms with E-state index in [4.69, 9.17) is 0 Å². The highest BCUT2D eigenvalue weighted by molar-refractivity contribution is 7.89. The van der Waals surface area contributed by atoms with Gasteiger partial charge in [0.2, 0.25) is 10.0 Å². The topological polar surface area (TPSA) is 84.5 Å². The normalized spacial score (nSPS) is 23.0. The molecule has 2 rings (SSSR count). The zero-order valence-corrected chi connectivity index (χ0v) is 13.9. The van der Waals surface area contributed by atoms with Crippen LogP contribution in [-0.2, 0) is 14.8 Å². The van der Waals surface area contributed by atoms with Gasteiger partial charge in [-0.25, -0.2) is 17.9 Å². The van der Waals surface area contributed by atoms with Crippen LogP contribution in [0.5, 0.6) is 0 Å². The molecule has 1 aromatic rings. The number of rotatable bonds is 4. The summed E-state index contributed by atoms with van der Waals surface area (Å²) in [7, 11) is -2.50. The fourth-order valence-corrected chi connectivity index (χ4v) is 5.46. The fourth-order valence-electron chi connectivity index (χ4n) is 2.41. The third-order valence-electron chi connectivity index (χ3n) is 3.69. The Morgan fingerprint density at radius 2 is 2.24 bits per heavy atom. The number of hydrogen-bond acceptors (Lipinski definition) is 6. The Morgan fingerprint density at radius 3 is 2.86 bits per heavy atom. The van der Waals surface area contributed by atoms with E-state index in [0.29, 0.717) is 12.1 Å². The van der Waals surface area contributed by atoms with Gasteiger partial charge in [-0.1, -0.05) is 6.92 Å². The van der Waals surface area contributed by atoms with Crippen molar-refractivity contribution >= 4 is 27.3 Å². The van der Waals surface area contributed by atoms with Crippen molar-refractivity contribution in [3.63, 3.8) is 0 Å². The molecule has 1 aromatic heterocycles. The van der Waals surface area contributed by atoms with Crippen LogP contribution < -0.4 is 10.0 Å². The summed E-state index contributed by atoms with van der Waals surface area (Å²) in [5, 5.41) is 4.84. The first-order valence-corrected chi connectivity index (χ1v) is 9.12. The third kappa shape index (κ3) is 3.45. The number of methoxy groups -OCH3 is 1. The van der Waals surface area contributed by atoms with Crippen molar-refractivity contribution in [1.29, 1.82) is 0 Å². The molecule has 1 aliphatic rings. The molecule has 2 atom stereocenters. The lowest BCUT2D eigenvalue weighted by Crippen LogP contribution is -2.50. The summed E-state index contributed by atoms with van der Waals surface area (Å²) in [6.07, 6.45) is 0.916. The molecule has 0 aliphatic carbocycles. The summed E-state index contributed by atoms with van der Waals surface area (Å²) >= 11 is 1.09. The first-order chi connectivity index (χ1) is 9.86. The van der Waals surface area contributed by atoms with E-state index in [-0.39, 0.29) is 21.7 Å². The van der Waals surface area contributed by atoms with Gasteiger partial charge in [-0.3, -0.25) is 0 Å². The molecule has 1 fully saturated rings. The molecule has 0 radical (unpaired) electrons. The predicted octanol–water partition coefficient (Wildman–Crippen LogP) is 1.12. The van der Waals surface area contributed by atoms with Crippen LogP contribution in [0, 0.1) is 12.8 Å². The van der Waals surface area contributed by atoms with Gasteiger partial charge < -0.3 is 10.1 Å². The summed E-state index contributed by atoms with van der Waals surface area (Å²) in [5.74, 6) is -0.371. The molecule has 8 heteroatoms. The van der Waals surface area contributed by atoms with Gasteiger partial charge in [-0.15, -0.1) is 11.3 Å². The van der Waals surface area contributed by atoms with Crippen LogP contribution in [0.25, 0.3) is 0 Å². The van der Waals surface area contributed by atoms with E-state index in [1.165, 1.54) is 7.11 Å². The lowest BCUT2D eigenvalue weighted by molar-refractivity contribution is 0.0602. The minimum absolute atomic E-state index is 0.0390. The summed E-state index contributed by atoms with van der Waals surface area (Å²) in [4.78, 5) is 11.9. The summed E-state index contributed by atoms with van der Waals surface area (Å²) < 4.78 is 32.6. The first kappa shape index (κ1) is 16.4. The largest absolute Gasteiger partial charge is 0.465 e. The SMILES string of the molecule is COC(=O)c1scc(C)c1S(=O)(=O)NC1CNCCC1C. The molecule has 2 N–H and O–H groups in total. The second kappa shape index (κ2) is 6.43. The summed E-state index contributed by atoms with van der Waals surface area (Å²) in [5.41, 5.74) is 0.560. The van der Waals surface area contributed by atoms with E-state index in [0.717, 1.165) is 24.3 Å². The third-order valence-corrected chi connectivity index (χ3v) is 6.58. The molecular formula is C13H20N2O4S2. The highest BCUT2D eigenvalue weighted by Gasteiger charge is 2.32. The Kier molecular flexibility index (Phi) is 5.03. The molecule has 6 nitrogen and oxygen atoms in total. The first-order valence-electron chi connectivity index (χ1n) is 6.76. The zero-order chi connectivity index (χ0) is 15.6. The van der Waals surface area contributed by atoms with Crippen LogP contribution >= 0.6 is 11.3 Å². The lowest BCUT2D eigenvalue weighted by Gasteiger charge is -2.30. The highest BCUT2D eigenvalue weighted by atomic mass is 32.2. The smallest absolute Gasteiger partial charge is 0.349 e. The van der Waals surface area contributed by atoms with Crippen molar-refractivity contribution in [2.75, 3.05) is 20.2 Å². The Bertz CT molecular complexity index is 624. The lowest BCUT2D eigenvalue weighted by atomic mass is 9.96.